The number of hydrogen-bond acceptors (Lipinski definition) is 6. The average molecular weight is 335 g/mol. The Bertz CT molecular complexity index is 1060. The first-order valence-electron chi connectivity index (χ1n) is 7.91. The van der Waals surface area contributed by atoms with Crippen molar-refractivity contribution in [2.75, 3.05) is 7.11 Å². The van der Waals surface area contributed by atoms with Gasteiger partial charge in [0.2, 0.25) is 5.88 Å². The minimum absolute atomic E-state index is 0.526. The van der Waals surface area contributed by atoms with Crippen LogP contribution >= 0.6 is 0 Å². The molecule has 6 heteroatoms. The summed E-state index contributed by atoms with van der Waals surface area (Å²) >= 11 is 0. The van der Waals surface area contributed by atoms with E-state index in [0.717, 1.165) is 50.7 Å². The highest BCUT2D eigenvalue weighted by Gasteiger charge is 2.18. The van der Waals surface area contributed by atoms with E-state index in [-0.39, 0.29) is 0 Å². The van der Waals surface area contributed by atoms with Gasteiger partial charge < -0.3 is 13.7 Å². The third-order valence-electron chi connectivity index (χ3n) is 4.13. The minimum Gasteiger partial charge on any atom is -0.481 e. The predicted molar refractivity (Wildman–Crippen MR) is 93.5 cm³/mol. The first-order valence-corrected chi connectivity index (χ1v) is 7.91. The van der Waals surface area contributed by atoms with Crippen LogP contribution in [0, 0.1) is 20.8 Å². The molecule has 0 aliphatic rings. The van der Waals surface area contributed by atoms with Gasteiger partial charge in [0.25, 0.3) is 0 Å². The van der Waals surface area contributed by atoms with Gasteiger partial charge in [-0.1, -0.05) is 5.16 Å². The first-order chi connectivity index (χ1) is 12.1. The van der Waals surface area contributed by atoms with Crippen LogP contribution in [-0.2, 0) is 0 Å². The van der Waals surface area contributed by atoms with Crippen LogP contribution < -0.4 is 4.74 Å². The lowest BCUT2D eigenvalue weighted by Crippen LogP contribution is -1.93. The zero-order valence-corrected chi connectivity index (χ0v) is 14.5. The van der Waals surface area contributed by atoms with Crippen LogP contribution in [0.15, 0.2) is 39.4 Å². The highest BCUT2D eigenvalue weighted by molar-refractivity contribution is 5.93. The van der Waals surface area contributed by atoms with Gasteiger partial charge in [-0.3, -0.25) is 0 Å². The zero-order chi connectivity index (χ0) is 17.6. The van der Waals surface area contributed by atoms with E-state index in [0.29, 0.717) is 5.88 Å². The number of nitrogens with zero attached hydrogens (tertiary/aromatic N) is 3. The van der Waals surface area contributed by atoms with E-state index in [1.165, 1.54) is 0 Å². The molecule has 4 aromatic rings. The van der Waals surface area contributed by atoms with Crippen LogP contribution in [0.5, 0.6) is 5.88 Å². The molecule has 6 nitrogen and oxygen atoms in total. The van der Waals surface area contributed by atoms with Crippen molar-refractivity contribution >= 4 is 11.0 Å². The smallest absolute Gasteiger partial charge is 0.213 e. The fraction of sp³-hybridized carbons (Fsp3) is 0.211. The monoisotopic (exact) mass is 335 g/mol. The molecule has 0 bridgehead atoms. The average Bonchev–Trinajstić information content (AvgIpc) is 3.15. The molecule has 0 amide bonds. The fourth-order valence-corrected chi connectivity index (χ4v) is 3.02. The molecular weight excluding hydrogens is 318 g/mol. The van der Waals surface area contributed by atoms with Gasteiger partial charge in [-0.15, -0.1) is 0 Å². The maximum Gasteiger partial charge on any atom is 0.213 e. The number of hydrogen-bond donors (Lipinski definition) is 0. The summed E-state index contributed by atoms with van der Waals surface area (Å²) in [4.78, 5) is 9.01. The Kier molecular flexibility index (Phi) is 3.53. The van der Waals surface area contributed by atoms with Gasteiger partial charge in [0.15, 0.2) is 5.58 Å². The molecule has 0 saturated heterocycles. The van der Waals surface area contributed by atoms with Gasteiger partial charge in [-0.2, -0.15) is 0 Å². The number of pyridine rings is 2. The second-order valence-corrected chi connectivity index (χ2v) is 5.92. The molecule has 0 radical (unpaired) electrons. The van der Waals surface area contributed by atoms with E-state index in [2.05, 4.69) is 10.1 Å². The van der Waals surface area contributed by atoms with E-state index < -0.39 is 0 Å². The van der Waals surface area contributed by atoms with Gasteiger partial charge in [0.05, 0.1) is 24.1 Å². The molecule has 0 aromatic carbocycles. The fourth-order valence-electron chi connectivity index (χ4n) is 3.02. The van der Waals surface area contributed by atoms with Crippen molar-refractivity contribution in [1.29, 1.82) is 0 Å². The summed E-state index contributed by atoms with van der Waals surface area (Å²) in [5.41, 5.74) is 4.86. The van der Waals surface area contributed by atoms with Crippen LogP contribution in [0.3, 0.4) is 0 Å². The van der Waals surface area contributed by atoms with E-state index in [4.69, 9.17) is 18.7 Å². The number of fused-ring (bicyclic) bond motifs is 1. The molecule has 0 unspecified atom stereocenters. The summed E-state index contributed by atoms with van der Waals surface area (Å²) in [7, 11) is 1.59. The molecular formula is C19H17N3O3. The van der Waals surface area contributed by atoms with Crippen LogP contribution in [0.25, 0.3) is 33.5 Å². The lowest BCUT2D eigenvalue weighted by Gasteiger charge is -2.07. The van der Waals surface area contributed by atoms with Crippen molar-refractivity contribution < 1.29 is 13.7 Å². The lowest BCUT2D eigenvalue weighted by atomic mass is 10.1. The molecule has 0 atom stereocenters. The molecule has 4 aromatic heterocycles. The number of furan rings is 1. The van der Waals surface area contributed by atoms with Crippen LogP contribution in [-0.4, -0.2) is 22.2 Å². The zero-order valence-electron chi connectivity index (χ0n) is 14.5. The molecule has 4 heterocycles. The summed E-state index contributed by atoms with van der Waals surface area (Å²) in [6.07, 6.45) is 1.69. The summed E-state index contributed by atoms with van der Waals surface area (Å²) in [5, 5.41) is 5.02. The molecule has 4 rings (SSSR count). The Labute approximate surface area is 144 Å². The molecule has 0 spiro atoms. The third-order valence-corrected chi connectivity index (χ3v) is 4.13. The Morgan fingerprint density at radius 2 is 1.92 bits per heavy atom. The molecule has 0 fully saturated rings. The third kappa shape index (κ3) is 2.55. The molecule has 0 saturated carbocycles. The van der Waals surface area contributed by atoms with Crippen molar-refractivity contribution in [3.8, 4) is 28.4 Å². The van der Waals surface area contributed by atoms with Crippen molar-refractivity contribution in [2.45, 2.75) is 20.8 Å². The van der Waals surface area contributed by atoms with E-state index >= 15 is 0 Å². The largest absolute Gasteiger partial charge is 0.481 e. The minimum atomic E-state index is 0.526. The van der Waals surface area contributed by atoms with Crippen molar-refractivity contribution in [2.24, 2.45) is 0 Å². The second-order valence-electron chi connectivity index (χ2n) is 5.92. The summed E-state index contributed by atoms with van der Waals surface area (Å²) < 4.78 is 16.4. The SMILES string of the molecule is COc1cc(-c2nc(-c3c(C)noc3C)cc3cc(C)oc23)ccn1. The van der Waals surface area contributed by atoms with Crippen LogP contribution in [0.2, 0.25) is 0 Å². The summed E-state index contributed by atoms with van der Waals surface area (Å²) in [6.45, 7) is 5.72. The lowest BCUT2D eigenvalue weighted by molar-refractivity contribution is 0.393. The highest BCUT2D eigenvalue weighted by Crippen LogP contribution is 2.35. The highest BCUT2D eigenvalue weighted by atomic mass is 16.5. The molecule has 25 heavy (non-hydrogen) atoms. The Morgan fingerprint density at radius 3 is 2.64 bits per heavy atom. The second kappa shape index (κ2) is 5.73. The number of ether oxygens (including phenoxy) is 1. The number of rotatable bonds is 3. The van der Waals surface area contributed by atoms with E-state index in [1.807, 2.05) is 45.0 Å². The Balaban J connectivity index is 2.02. The normalized spacial score (nSPS) is 11.2. The van der Waals surface area contributed by atoms with E-state index in [9.17, 15) is 0 Å². The van der Waals surface area contributed by atoms with E-state index in [1.54, 1.807) is 13.3 Å². The Morgan fingerprint density at radius 1 is 1.08 bits per heavy atom. The summed E-state index contributed by atoms with van der Waals surface area (Å²) in [5.74, 6) is 2.09. The quantitative estimate of drug-likeness (QED) is 0.549. The standard InChI is InChI=1S/C19H17N3O3/c1-10-7-14-8-15(17-11(2)22-25-12(17)3)21-18(19(14)24-10)13-5-6-20-16(9-13)23-4/h5-9H,1-4H3. The van der Waals surface area contributed by atoms with Crippen molar-refractivity contribution in [1.82, 2.24) is 15.1 Å². The predicted octanol–water partition coefficient (Wildman–Crippen LogP) is 4.48. The van der Waals surface area contributed by atoms with Crippen molar-refractivity contribution in [3.63, 3.8) is 0 Å². The maximum absolute atomic E-state index is 5.90. The van der Waals surface area contributed by atoms with Gasteiger partial charge in [-0.05, 0) is 39.0 Å². The maximum atomic E-state index is 5.90. The van der Waals surface area contributed by atoms with Gasteiger partial charge in [-0.25, -0.2) is 9.97 Å². The number of methoxy groups -OCH3 is 1. The molecule has 0 aliphatic carbocycles. The number of aromatic nitrogens is 3. The van der Waals surface area contributed by atoms with Crippen molar-refractivity contribution in [3.05, 3.63) is 47.7 Å². The number of aryl methyl sites for hydroxylation is 3. The molecule has 0 aliphatic heterocycles. The summed E-state index contributed by atoms with van der Waals surface area (Å²) in [6, 6.07) is 7.73. The topological polar surface area (TPSA) is 74.2 Å². The first kappa shape index (κ1) is 15.4. The molecule has 126 valence electrons. The van der Waals surface area contributed by atoms with Gasteiger partial charge in [0.1, 0.15) is 17.2 Å². The van der Waals surface area contributed by atoms with Gasteiger partial charge >= 0.3 is 0 Å². The Hall–Kier alpha value is -3.15. The molecule has 0 N–H and O–H groups in total. The van der Waals surface area contributed by atoms with Gasteiger partial charge in [0, 0.05) is 23.2 Å². The van der Waals surface area contributed by atoms with Crippen LogP contribution in [0.4, 0.5) is 0 Å². The van der Waals surface area contributed by atoms with Crippen LogP contribution in [0.1, 0.15) is 17.2 Å².